The maximum absolute atomic E-state index is 5.42. The third-order valence-electron chi connectivity index (χ3n) is 0.898. The van der Waals surface area contributed by atoms with Gasteiger partial charge in [0.05, 0.1) is 5.69 Å². The van der Waals surface area contributed by atoms with Gasteiger partial charge in [-0.05, 0) is 35.1 Å². The summed E-state index contributed by atoms with van der Waals surface area (Å²) in [6, 6.07) is 0. The second-order valence-corrected chi connectivity index (χ2v) is 2.62. The van der Waals surface area contributed by atoms with E-state index in [1.54, 1.807) is 0 Å². The van der Waals surface area contributed by atoms with E-state index < -0.39 is 0 Å². The Balaban J connectivity index is 3.19. The quantitative estimate of drug-likeness (QED) is 0.486. The van der Waals surface area contributed by atoms with Crippen molar-refractivity contribution in [1.29, 1.82) is 0 Å². The fourth-order valence-electron chi connectivity index (χ4n) is 0.437. The lowest BCUT2D eigenvalue weighted by atomic mass is 10.1. The molecule has 0 aliphatic carbocycles. The van der Waals surface area contributed by atoms with Crippen molar-refractivity contribution in [1.82, 2.24) is 10.2 Å². The van der Waals surface area contributed by atoms with Gasteiger partial charge in [0, 0.05) is 3.57 Å². The molecule has 1 aromatic heterocycles. The van der Waals surface area contributed by atoms with Crippen molar-refractivity contribution in [3.05, 3.63) is 9.26 Å². The van der Waals surface area contributed by atoms with Gasteiger partial charge in [0.25, 0.3) is 0 Å². The topological polar surface area (TPSA) is 28.7 Å². The van der Waals surface area contributed by atoms with Crippen molar-refractivity contribution in [3.63, 3.8) is 0 Å². The summed E-state index contributed by atoms with van der Waals surface area (Å²) >= 11 is 2.15. The first kappa shape index (κ1) is 6.13. The monoisotopic (exact) mass is 218 g/mol. The summed E-state index contributed by atoms with van der Waals surface area (Å²) in [5.74, 6) is 0. The van der Waals surface area contributed by atoms with E-state index in [1.807, 2.05) is 6.92 Å². The van der Waals surface area contributed by atoms with Gasteiger partial charge < -0.3 is 0 Å². The molecule has 0 fully saturated rings. The molecule has 0 saturated heterocycles. The lowest BCUT2D eigenvalue weighted by Crippen LogP contribution is -2.05. The van der Waals surface area contributed by atoms with Crippen LogP contribution in [0.1, 0.15) is 5.69 Å². The Morgan fingerprint density at radius 1 is 1.75 bits per heavy atom. The zero-order valence-electron chi connectivity index (χ0n) is 4.40. The van der Waals surface area contributed by atoms with E-state index in [2.05, 4.69) is 32.8 Å². The third-order valence-corrected chi connectivity index (χ3v) is 2.26. The van der Waals surface area contributed by atoms with Gasteiger partial charge in [-0.3, -0.25) is 5.10 Å². The van der Waals surface area contributed by atoms with Crippen LogP contribution in [0.4, 0.5) is 0 Å². The van der Waals surface area contributed by atoms with Gasteiger partial charge in [-0.2, -0.15) is 5.10 Å². The highest BCUT2D eigenvalue weighted by Crippen LogP contribution is 2.01. The molecule has 4 heteroatoms. The third kappa shape index (κ3) is 0.889. The number of aromatic amines is 1. The van der Waals surface area contributed by atoms with Gasteiger partial charge in [-0.15, -0.1) is 0 Å². The summed E-state index contributed by atoms with van der Waals surface area (Å²) in [7, 11) is 5.42. The number of hydrogen-bond acceptors (Lipinski definition) is 1. The highest BCUT2D eigenvalue weighted by molar-refractivity contribution is 14.1. The van der Waals surface area contributed by atoms with Crippen LogP contribution in [-0.4, -0.2) is 18.0 Å². The Bertz CT molecular complexity index is 176. The predicted molar refractivity (Wildman–Crippen MR) is 41.4 cm³/mol. The van der Waals surface area contributed by atoms with Crippen LogP contribution in [0.2, 0.25) is 0 Å². The number of nitrogens with one attached hydrogen (secondary N) is 1. The number of rotatable bonds is 0. The number of hydrogen-bond donors (Lipinski definition) is 1. The standard InChI is InChI=1S/C4H4BIN2/c1-2-3(6)4(5)8-7-2/h1H3,(H,7,8). The molecule has 8 heavy (non-hydrogen) atoms. The molecule has 2 nitrogen and oxygen atoms in total. The van der Waals surface area contributed by atoms with Crippen molar-refractivity contribution < 1.29 is 0 Å². The molecular weight excluding hydrogens is 214 g/mol. The normalized spacial score (nSPS) is 9.75. The van der Waals surface area contributed by atoms with E-state index in [9.17, 15) is 0 Å². The molecule has 0 unspecified atom stereocenters. The first-order valence-electron chi connectivity index (χ1n) is 2.17. The fraction of sp³-hybridized carbons (Fsp3) is 0.250. The van der Waals surface area contributed by atoms with Crippen LogP contribution in [0.3, 0.4) is 0 Å². The van der Waals surface area contributed by atoms with Gasteiger partial charge in [0.2, 0.25) is 0 Å². The predicted octanol–water partition coefficient (Wildman–Crippen LogP) is 0.117. The van der Waals surface area contributed by atoms with Crippen LogP contribution in [0.25, 0.3) is 0 Å². The molecule has 1 rings (SSSR count). The van der Waals surface area contributed by atoms with Crippen molar-refractivity contribution >= 4 is 36.0 Å². The zero-order chi connectivity index (χ0) is 6.15. The summed E-state index contributed by atoms with van der Waals surface area (Å²) < 4.78 is 1.02. The second-order valence-electron chi connectivity index (χ2n) is 1.54. The first-order chi connectivity index (χ1) is 3.72. The molecule has 0 atom stereocenters. The van der Waals surface area contributed by atoms with Crippen LogP contribution in [-0.2, 0) is 0 Å². The Hall–Kier alpha value is 0.00494. The number of aromatic nitrogens is 2. The van der Waals surface area contributed by atoms with Crippen LogP contribution in [0.15, 0.2) is 0 Å². The molecule has 40 valence electrons. The van der Waals surface area contributed by atoms with E-state index in [4.69, 9.17) is 7.85 Å². The van der Waals surface area contributed by atoms with Gasteiger partial charge in [-0.25, -0.2) is 0 Å². The summed E-state index contributed by atoms with van der Waals surface area (Å²) in [4.78, 5) is 0. The molecule has 0 aliphatic rings. The van der Waals surface area contributed by atoms with Crippen molar-refractivity contribution in [2.24, 2.45) is 0 Å². The van der Waals surface area contributed by atoms with Crippen LogP contribution in [0.5, 0.6) is 0 Å². The van der Waals surface area contributed by atoms with Gasteiger partial charge >= 0.3 is 0 Å². The molecule has 0 amide bonds. The van der Waals surface area contributed by atoms with Gasteiger partial charge in [-0.1, -0.05) is 0 Å². The highest BCUT2D eigenvalue weighted by Gasteiger charge is 1.98. The smallest absolute Gasteiger partial charge is 0.142 e. The molecule has 1 N–H and O–H groups in total. The maximum atomic E-state index is 5.42. The Morgan fingerprint density at radius 2 is 2.38 bits per heavy atom. The molecule has 0 saturated carbocycles. The van der Waals surface area contributed by atoms with Crippen molar-refractivity contribution in [3.8, 4) is 0 Å². The molecule has 0 bridgehead atoms. The van der Waals surface area contributed by atoms with E-state index in [0.29, 0.717) is 5.59 Å². The zero-order valence-corrected chi connectivity index (χ0v) is 6.56. The molecule has 1 heterocycles. The number of halogens is 1. The average molecular weight is 218 g/mol. The van der Waals surface area contributed by atoms with E-state index in [-0.39, 0.29) is 0 Å². The Kier molecular flexibility index (Phi) is 1.60. The minimum absolute atomic E-state index is 0.656. The maximum Gasteiger partial charge on any atom is 0.142 e. The molecule has 0 aliphatic heterocycles. The van der Waals surface area contributed by atoms with E-state index >= 15 is 0 Å². The van der Waals surface area contributed by atoms with Gasteiger partial charge in [0.1, 0.15) is 7.85 Å². The van der Waals surface area contributed by atoms with Crippen LogP contribution < -0.4 is 5.59 Å². The largest absolute Gasteiger partial charge is 0.292 e. The highest BCUT2D eigenvalue weighted by atomic mass is 127. The minimum Gasteiger partial charge on any atom is -0.292 e. The fourth-order valence-corrected chi connectivity index (χ4v) is 0.678. The molecule has 0 aromatic carbocycles. The molecule has 2 radical (unpaired) electrons. The van der Waals surface area contributed by atoms with E-state index in [1.165, 1.54) is 0 Å². The Labute approximate surface area is 62.6 Å². The van der Waals surface area contributed by atoms with E-state index in [0.717, 1.165) is 9.26 Å². The lowest BCUT2D eigenvalue weighted by Gasteiger charge is -1.81. The van der Waals surface area contributed by atoms with Gasteiger partial charge in [0.15, 0.2) is 0 Å². The minimum atomic E-state index is 0.656. The van der Waals surface area contributed by atoms with Crippen LogP contribution in [0, 0.1) is 10.5 Å². The summed E-state index contributed by atoms with van der Waals surface area (Å²) in [6.07, 6.45) is 0. The molecular formula is C4H4BIN2. The number of H-pyrrole nitrogens is 1. The van der Waals surface area contributed by atoms with Crippen molar-refractivity contribution in [2.75, 3.05) is 0 Å². The second kappa shape index (κ2) is 2.09. The molecule has 1 aromatic rings. The summed E-state index contributed by atoms with van der Waals surface area (Å²) in [6.45, 7) is 1.91. The number of aryl methyl sites for hydroxylation is 1. The average Bonchev–Trinajstić information content (AvgIpc) is 1.98. The lowest BCUT2D eigenvalue weighted by molar-refractivity contribution is 1.06. The first-order valence-corrected chi connectivity index (χ1v) is 3.25. The van der Waals surface area contributed by atoms with Crippen molar-refractivity contribution in [2.45, 2.75) is 6.92 Å². The SMILES string of the molecule is [B]c1[nH]nc(C)c1I. The summed E-state index contributed by atoms with van der Waals surface area (Å²) in [5, 5.41) is 6.52. The Morgan fingerprint density at radius 3 is 2.50 bits per heavy atom. The van der Waals surface area contributed by atoms with Crippen LogP contribution >= 0.6 is 22.6 Å². The summed E-state index contributed by atoms with van der Waals surface area (Å²) in [5.41, 5.74) is 1.62. The number of nitrogens with zero attached hydrogens (tertiary/aromatic N) is 1. The molecule has 0 spiro atoms.